The van der Waals surface area contributed by atoms with Crippen LogP contribution in [0.1, 0.15) is 36.1 Å². The number of carbonyl (C=O) groups excluding carboxylic acids is 1. The molecule has 0 aromatic carbocycles. The van der Waals surface area contributed by atoms with Gasteiger partial charge in [0.2, 0.25) is 5.91 Å². The van der Waals surface area contributed by atoms with Gasteiger partial charge in [0.15, 0.2) is 0 Å². The number of pyridine rings is 1. The standard InChI is InChI=1S/C18H24N4OS/c1-21-7-9-22(10-8-21)17(23)13-24-18-15(12-19)11-14-5-3-2-4-6-16(14)20-18/h11H,2-10,13H2,1H3. The highest BCUT2D eigenvalue weighted by Crippen LogP contribution is 2.27. The molecule has 2 aliphatic rings. The summed E-state index contributed by atoms with van der Waals surface area (Å²) < 4.78 is 0. The van der Waals surface area contributed by atoms with E-state index >= 15 is 0 Å². The van der Waals surface area contributed by atoms with Gasteiger partial charge in [-0.3, -0.25) is 4.79 Å². The van der Waals surface area contributed by atoms with Crippen LogP contribution in [0.5, 0.6) is 0 Å². The summed E-state index contributed by atoms with van der Waals surface area (Å²) in [5.74, 6) is 0.512. The Kier molecular flexibility index (Phi) is 5.75. The summed E-state index contributed by atoms with van der Waals surface area (Å²) in [4.78, 5) is 21.3. The van der Waals surface area contributed by atoms with Crippen molar-refractivity contribution in [1.29, 1.82) is 5.26 Å². The fourth-order valence-corrected chi connectivity index (χ4v) is 4.14. The molecular weight excluding hydrogens is 320 g/mol. The van der Waals surface area contributed by atoms with E-state index < -0.39 is 0 Å². The largest absolute Gasteiger partial charge is 0.339 e. The number of amides is 1. The Hall–Kier alpha value is -1.58. The Morgan fingerprint density at radius 1 is 1.25 bits per heavy atom. The maximum atomic E-state index is 12.4. The van der Waals surface area contributed by atoms with Crippen molar-refractivity contribution < 1.29 is 4.79 Å². The molecule has 1 fully saturated rings. The fraction of sp³-hybridized carbons (Fsp3) is 0.611. The van der Waals surface area contributed by atoms with Crippen LogP contribution >= 0.6 is 11.8 Å². The lowest BCUT2D eigenvalue weighted by atomic mass is 10.1. The second-order valence-corrected chi connectivity index (χ2v) is 7.56. The SMILES string of the molecule is CN1CCN(C(=O)CSc2nc3c(cc2C#N)CCCCC3)CC1. The summed E-state index contributed by atoms with van der Waals surface area (Å²) in [6.45, 7) is 3.44. The summed E-state index contributed by atoms with van der Waals surface area (Å²) in [7, 11) is 2.08. The van der Waals surface area contributed by atoms with E-state index in [2.05, 4.69) is 18.0 Å². The van der Waals surface area contributed by atoms with E-state index in [4.69, 9.17) is 4.98 Å². The minimum Gasteiger partial charge on any atom is -0.339 e. The molecule has 0 atom stereocenters. The van der Waals surface area contributed by atoms with Crippen LogP contribution in [0.25, 0.3) is 0 Å². The molecule has 0 radical (unpaired) electrons. The first-order valence-corrected chi connectivity index (χ1v) is 9.68. The number of hydrogen-bond acceptors (Lipinski definition) is 5. The molecule has 0 spiro atoms. The molecular formula is C18H24N4OS. The van der Waals surface area contributed by atoms with Crippen LogP contribution in [0.15, 0.2) is 11.1 Å². The molecule has 1 amide bonds. The predicted octanol–water partition coefficient (Wildman–Crippen LogP) is 2.09. The quantitative estimate of drug-likeness (QED) is 0.621. The molecule has 5 nitrogen and oxygen atoms in total. The van der Waals surface area contributed by atoms with Gasteiger partial charge in [-0.25, -0.2) is 4.98 Å². The van der Waals surface area contributed by atoms with Crippen LogP contribution in [0.2, 0.25) is 0 Å². The molecule has 0 bridgehead atoms. The molecule has 3 rings (SSSR count). The molecule has 128 valence electrons. The van der Waals surface area contributed by atoms with E-state index in [0.29, 0.717) is 11.3 Å². The average molecular weight is 344 g/mol. The highest BCUT2D eigenvalue weighted by molar-refractivity contribution is 7.99. The molecule has 0 N–H and O–H groups in total. The Bertz CT molecular complexity index is 647. The normalized spacial score (nSPS) is 18.6. The summed E-state index contributed by atoms with van der Waals surface area (Å²) in [5.41, 5.74) is 2.96. The highest BCUT2D eigenvalue weighted by Gasteiger charge is 2.20. The number of fused-ring (bicyclic) bond motifs is 1. The zero-order chi connectivity index (χ0) is 16.9. The van der Waals surface area contributed by atoms with Gasteiger partial charge in [0.25, 0.3) is 0 Å². The first-order valence-electron chi connectivity index (χ1n) is 8.69. The number of nitrogens with zero attached hydrogens (tertiary/aromatic N) is 4. The predicted molar refractivity (Wildman–Crippen MR) is 95.0 cm³/mol. The van der Waals surface area contributed by atoms with Gasteiger partial charge in [-0.05, 0) is 44.4 Å². The number of carbonyl (C=O) groups is 1. The van der Waals surface area contributed by atoms with Crippen LogP contribution < -0.4 is 0 Å². The molecule has 6 heteroatoms. The van der Waals surface area contributed by atoms with Crippen molar-refractivity contribution in [2.75, 3.05) is 39.0 Å². The molecule has 24 heavy (non-hydrogen) atoms. The molecule has 0 saturated carbocycles. The van der Waals surface area contributed by atoms with Gasteiger partial charge in [-0.2, -0.15) is 5.26 Å². The topological polar surface area (TPSA) is 60.2 Å². The van der Waals surface area contributed by atoms with Crippen LogP contribution in [0, 0.1) is 11.3 Å². The van der Waals surface area contributed by atoms with Crippen molar-refractivity contribution in [3.63, 3.8) is 0 Å². The van der Waals surface area contributed by atoms with Gasteiger partial charge in [-0.15, -0.1) is 0 Å². The highest BCUT2D eigenvalue weighted by atomic mass is 32.2. The van der Waals surface area contributed by atoms with Gasteiger partial charge in [0.1, 0.15) is 11.1 Å². The zero-order valence-electron chi connectivity index (χ0n) is 14.3. The lowest BCUT2D eigenvalue weighted by molar-refractivity contribution is -0.129. The van der Waals surface area contributed by atoms with Gasteiger partial charge in [-0.1, -0.05) is 18.2 Å². The molecule has 1 saturated heterocycles. The molecule has 2 heterocycles. The number of rotatable bonds is 3. The first-order chi connectivity index (χ1) is 11.7. The smallest absolute Gasteiger partial charge is 0.233 e. The van der Waals surface area contributed by atoms with Crippen LogP contribution in [0.4, 0.5) is 0 Å². The lowest BCUT2D eigenvalue weighted by Gasteiger charge is -2.32. The Morgan fingerprint density at radius 2 is 2.00 bits per heavy atom. The number of nitriles is 1. The number of hydrogen-bond donors (Lipinski definition) is 0. The van der Waals surface area contributed by atoms with Gasteiger partial charge in [0, 0.05) is 31.9 Å². The molecule has 1 aromatic rings. The zero-order valence-corrected chi connectivity index (χ0v) is 15.1. The minimum absolute atomic E-state index is 0.147. The first kappa shape index (κ1) is 17.2. The Morgan fingerprint density at radius 3 is 2.75 bits per heavy atom. The van der Waals surface area contributed by atoms with Crippen molar-refractivity contribution in [2.24, 2.45) is 0 Å². The summed E-state index contributed by atoms with van der Waals surface area (Å²) >= 11 is 1.42. The van der Waals surface area contributed by atoms with Gasteiger partial charge >= 0.3 is 0 Å². The van der Waals surface area contributed by atoms with Crippen LogP contribution in [-0.4, -0.2) is 59.7 Å². The Balaban J connectivity index is 1.67. The maximum absolute atomic E-state index is 12.4. The summed E-state index contributed by atoms with van der Waals surface area (Å²) in [5, 5.41) is 10.2. The van der Waals surface area contributed by atoms with E-state index in [1.807, 2.05) is 11.0 Å². The van der Waals surface area contributed by atoms with E-state index in [9.17, 15) is 10.1 Å². The number of piperazine rings is 1. The number of likely N-dealkylation sites (N-methyl/N-ethyl adjacent to an activating group) is 1. The van der Waals surface area contributed by atoms with Crippen molar-refractivity contribution in [2.45, 2.75) is 37.1 Å². The molecule has 1 aromatic heterocycles. The number of aromatic nitrogens is 1. The van der Waals surface area contributed by atoms with E-state index in [1.165, 1.54) is 30.2 Å². The second kappa shape index (κ2) is 8.00. The number of aryl methyl sites for hydroxylation is 2. The third kappa shape index (κ3) is 4.08. The van der Waals surface area contributed by atoms with Crippen LogP contribution in [-0.2, 0) is 17.6 Å². The van der Waals surface area contributed by atoms with Crippen molar-refractivity contribution in [1.82, 2.24) is 14.8 Å². The van der Waals surface area contributed by atoms with Gasteiger partial charge in [0.05, 0.1) is 11.3 Å². The number of thioether (sulfide) groups is 1. The molecule has 1 aliphatic heterocycles. The van der Waals surface area contributed by atoms with Gasteiger partial charge < -0.3 is 9.80 Å². The second-order valence-electron chi connectivity index (χ2n) is 6.59. The third-order valence-electron chi connectivity index (χ3n) is 4.82. The van der Waals surface area contributed by atoms with Crippen molar-refractivity contribution in [3.8, 4) is 6.07 Å². The van der Waals surface area contributed by atoms with E-state index in [-0.39, 0.29) is 5.91 Å². The van der Waals surface area contributed by atoms with Crippen molar-refractivity contribution in [3.05, 3.63) is 22.9 Å². The fourth-order valence-electron chi connectivity index (χ4n) is 3.26. The summed E-state index contributed by atoms with van der Waals surface area (Å²) in [6.07, 6.45) is 5.57. The molecule has 0 unspecified atom stereocenters. The average Bonchev–Trinajstić information content (AvgIpc) is 2.84. The van der Waals surface area contributed by atoms with Crippen LogP contribution in [0.3, 0.4) is 0 Å². The van der Waals surface area contributed by atoms with E-state index in [0.717, 1.165) is 56.2 Å². The lowest BCUT2D eigenvalue weighted by Crippen LogP contribution is -2.47. The molecule has 1 aliphatic carbocycles. The minimum atomic E-state index is 0.147. The maximum Gasteiger partial charge on any atom is 0.233 e. The Labute approximate surface area is 148 Å². The summed E-state index contributed by atoms with van der Waals surface area (Å²) in [6, 6.07) is 4.26. The van der Waals surface area contributed by atoms with E-state index in [1.54, 1.807) is 0 Å². The third-order valence-corrected chi connectivity index (χ3v) is 5.80. The van der Waals surface area contributed by atoms with Crippen molar-refractivity contribution >= 4 is 17.7 Å². The monoisotopic (exact) mass is 344 g/mol.